The van der Waals surface area contributed by atoms with Crippen LogP contribution in [0.5, 0.6) is 0 Å². The van der Waals surface area contributed by atoms with Crippen molar-refractivity contribution in [1.82, 2.24) is 10.6 Å². The molecule has 2 N–H and O–H groups in total. The molecule has 4 aliphatic carbocycles. The van der Waals surface area contributed by atoms with Crippen LogP contribution in [0.1, 0.15) is 63.9 Å². The molecule has 1 heterocycles. The standard InChI is InChI=1S/C24H33FN2O/c1-17-9-20(7-8-26-17)27-21(28)24-12-18-10-22(14-24,16-25)13-23(11-18,15-24)19-5-3-2-4-6-19/h2-6,17-18,20,26H,7-16H2,1H3,(H,27,28)/t17-,18?,20+,22+,23-,24?/m1/s1. The third kappa shape index (κ3) is 2.91. The van der Waals surface area contributed by atoms with Crippen LogP contribution in [0, 0.1) is 16.7 Å². The van der Waals surface area contributed by atoms with Gasteiger partial charge in [0.05, 0.1) is 12.1 Å². The molecular weight excluding hydrogens is 351 g/mol. The second kappa shape index (κ2) is 6.55. The lowest BCUT2D eigenvalue weighted by molar-refractivity contribution is -0.166. The van der Waals surface area contributed by atoms with Gasteiger partial charge < -0.3 is 10.6 Å². The van der Waals surface area contributed by atoms with Crippen molar-refractivity contribution in [3.63, 3.8) is 0 Å². The summed E-state index contributed by atoms with van der Waals surface area (Å²) < 4.78 is 14.4. The van der Waals surface area contributed by atoms with Crippen molar-refractivity contribution in [3.05, 3.63) is 35.9 Å². The molecule has 28 heavy (non-hydrogen) atoms. The van der Waals surface area contributed by atoms with Gasteiger partial charge in [-0.3, -0.25) is 9.18 Å². The Hall–Kier alpha value is -1.42. The fourth-order valence-electron chi connectivity index (χ4n) is 7.76. The average Bonchev–Trinajstić information content (AvgIpc) is 2.68. The highest BCUT2D eigenvalue weighted by Gasteiger charge is 2.66. The zero-order valence-corrected chi connectivity index (χ0v) is 17.0. The van der Waals surface area contributed by atoms with Crippen LogP contribution in [0.4, 0.5) is 4.39 Å². The van der Waals surface area contributed by atoms with Gasteiger partial charge >= 0.3 is 0 Å². The van der Waals surface area contributed by atoms with Crippen molar-refractivity contribution in [2.45, 2.75) is 75.8 Å². The molecule has 2 unspecified atom stereocenters. The number of alkyl halides is 1. The van der Waals surface area contributed by atoms with Crippen molar-refractivity contribution in [2.24, 2.45) is 16.7 Å². The number of halogens is 1. The number of hydrogen-bond donors (Lipinski definition) is 2. The lowest BCUT2D eigenvalue weighted by Crippen LogP contribution is -2.64. The van der Waals surface area contributed by atoms with Gasteiger partial charge in [0.2, 0.25) is 5.91 Å². The highest BCUT2D eigenvalue weighted by atomic mass is 19.1. The van der Waals surface area contributed by atoms with Crippen molar-refractivity contribution in [3.8, 4) is 0 Å². The maximum atomic E-state index is 14.4. The van der Waals surface area contributed by atoms with Crippen LogP contribution >= 0.6 is 0 Å². The van der Waals surface area contributed by atoms with E-state index in [4.69, 9.17) is 0 Å². The Morgan fingerprint density at radius 1 is 1.18 bits per heavy atom. The zero-order valence-electron chi connectivity index (χ0n) is 17.0. The number of carbonyl (C=O) groups is 1. The summed E-state index contributed by atoms with van der Waals surface area (Å²) in [6.07, 6.45) is 7.58. The Kier molecular flexibility index (Phi) is 4.35. The molecule has 1 saturated heterocycles. The third-order valence-electron chi connectivity index (χ3n) is 8.29. The van der Waals surface area contributed by atoms with Crippen LogP contribution in [0.2, 0.25) is 0 Å². The predicted molar refractivity (Wildman–Crippen MR) is 109 cm³/mol. The van der Waals surface area contributed by atoms with Crippen LogP contribution in [0.3, 0.4) is 0 Å². The number of carbonyl (C=O) groups excluding carboxylic acids is 1. The van der Waals surface area contributed by atoms with Gasteiger partial charge in [-0.05, 0) is 81.7 Å². The van der Waals surface area contributed by atoms with Crippen molar-refractivity contribution in [2.75, 3.05) is 13.2 Å². The maximum absolute atomic E-state index is 14.4. The normalized spacial score (nSPS) is 44.4. The van der Waals surface area contributed by atoms with Gasteiger partial charge in [0.1, 0.15) is 0 Å². The molecule has 3 nitrogen and oxygen atoms in total. The summed E-state index contributed by atoms with van der Waals surface area (Å²) in [4.78, 5) is 13.6. The van der Waals surface area contributed by atoms with E-state index in [2.05, 4.69) is 47.9 Å². The minimum absolute atomic E-state index is 0.0223. The van der Waals surface area contributed by atoms with Crippen molar-refractivity contribution < 1.29 is 9.18 Å². The summed E-state index contributed by atoms with van der Waals surface area (Å²) >= 11 is 0. The molecule has 0 spiro atoms. The van der Waals surface area contributed by atoms with Gasteiger partial charge in [-0.15, -0.1) is 0 Å². The lowest BCUT2D eigenvalue weighted by atomic mass is 9.38. The van der Waals surface area contributed by atoms with Crippen LogP contribution in [-0.4, -0.2) is 31.2 Å². The van der Waals surface area contributed by atoms with Crippen LogP contribution in [0.25, 0.3) is 0 Å². The van der Waals surface area contributed by atoms with Crippen LogP contribution < -0.4 is 10.6 Å². The number of amides is 1. The molecule has 1 aliphatic heterocycles. The van der Waals surface area contributed by atoms with E-state index in [0.717, 1.165) is 57.9 Å². The molecule has 0 radical (unpaired) electrons. The van der Waals surface area contributed by atoms with Gasteiger partial charge in [-0.1, -0.05) is 30.3 Å². The molecular formula is C24H33FN2O. The second-order valence-electron chi connectivity index (χ2n) is 10.6. The van der Waals surface area contributed by atoms with E-state index in [1.54, 1.807) is 0 Å². The van der Waals surface area contributed by atoms with Crippen molar-refractivity contribution in [1.29, 1.82) is 0 Å². The fourth-order valence-corrected chi connectivity index (χ4v) is 7.76. The molecule has 5 aliphatic rings. The summed E-state index contributed by atoms with van der Waals surface area (Å²) in [5, 5.41) is 6.88. The highest BCUT2D eigenvalue weighted by molar-refractivity contribution is 5.84. The molecule has 1 aromatic rings. The molecule has 5 fully saturated rings. The first-order valence-electron chi connectivity index (χ1n) is 11.1. The maximum Gasteiger partial charge on any atom is 0.226 e. The molecule has 6 atom stereocenters. The minimum Gasteiger partial charge on any atom is -0.353 e. The largest absolute Gasteiger partial charge is 0.353 e. The summed E-state index contributed by atoms with van der Waals surface area (Å²) in [7, 11) is 0. The third-order valence-corrected chi connectivity index (χ3v) is 8.29. The first-order valence-corrected chi connectivity index (χ1v) is 11.1. The predicted octanol–water partition coefficient (Wildman–Crippen LogP) is 4.12. The second-order valence-corrected chi connectivity index (χ2v) is 10.6. The summed E-state index contributed by atoms with van der Waals surface area (Å²) in [5.41, 5.74) is 0.624. The number of piperidine rings is 1. The molecule has 1 aromatic carbocycles. The molecule has 0 aromatic heterocycles. The van der Waals surface area contributed by atoms with Gasteiger partial charge in [-0.2, -0.15) is 0 Å². The van der Waals surface area contributed by atoms with Gasteiger partial charge in [0.25, 0.3) is 0 Å². The van der Waals surface area contributed by atoms with E-state index in [1.165, 1.54) is 5.56 Å². The lowest BCUT2D eigenvalue weighted by Gasteiger charge is -2.65. The Labute approximate surface area is 167 Å². The van der Waals surface area contributed by atoms with Gasteiger partial charge in [0, 0.05) is 17.5 Å². The SMILES string of the molecule is C[C@@H]1C[C@@H](NC(=O)C23CC4C[C@@](CF)(C2)C[C@](c2ccccc2)(C4)C3)CCN1. The Bertz CT molecular complexity index is 754. The first-order chi connectivity index (χ1) is 13.5. The molecule has 6 rings (SSSR count). The van der Waals surface area contributed by atoms with E-state index < -0.39 is 0 Å². The van der Waals surface area contributed by atoms with Crippen molar-refractivity contribution >= 4 is 5.91 Å². The smallest absolute Gasteiger partial charge is 0.226 e. The highest BCUT2D eigenvalue weighted by Crippen LogP contribution is 2.70. The Balaban J connectivity index is 1.46. The minimum atomic E-state index is -0.380. The fraction of sp³-hybridized carbons (Fsp3) is 0.708. The summed E-state index contributed by atoms with van der Waals surface area (Å²) in [5.74, 6) is 0.693. The van der Waals surface area contributed by atoms with Crippen LogP contribution in [-0.2, 0) is 10.2 Å². The molecule has 4 saturated carbocycles. The van der Waals surface area contributed by atoms with Gasteiger partial charge in [0.15, 0.2) is 0 Å². The Morgan fingerprint density at radius 3 is 2.75 bits per heavy atom. The molecule has 152 valence electrons. The number of hydrogen-bond acceptors (Lipinski definition) is 2. The molecule has 1 amide bonds. The first kappa shape index (κ1) is 18.6. The van der Waals surface area contributed by atoms with E-state index in [9.17, 15) is 9.18 Å². The number of benzene rings is 1. The van der Waals surface area contributed by atoms with Crippen LogP contribution in [0.15, 0.2) is 30.3 Å². The topological polar surface area (TPSA) is 41.1 Å². The quantitative estimate of drug-likeness (QED) is 0.820. The molecule has 4 bridgehead atoms. The summed E-state index contributed by atoms with van der Waals surface area (Å²) in [6.45, 7) is 2.87. The van der Waals surface area contributed by atoms with E-state index in [0.29, 0.717) is 12.0 Å². The van der Waals surface area contributed by atoms with E-state index in [-0.39, 0.29) is 34.9 Å². The van der Waals surface area contributed by atoms with E-state index >= 15 is 0 Å². The Morgan fingerprint density at radius 2 is 2.00 bits per heavy atom. The monoisotopic (exact) mass is 384 g/mol. The molecule has 4 heteroatoms. The van der Waals surface area contributed by atoms with E-state index in [1.807, 2.05) is 0 Å². The zero-order chi connectivity index (χ0) is 19.4. The number of rotatable bonds is 4. The van der Waals surface area contributed by atoms with Gasteiger partial charge in [-0.25, -0.2) is 0 Å². The average molecular weight is 385 g/mol. The number of nitrogens with one attached hydrogen (secondary N) is 2. The summed E-state index contributed by atoms with van der Waals surface area (Å²) in [6, 6.07) is 11.4.